The Balaban J connectivity index is 2.96. The molecule has 8 heteroatoms. The van der Waals surface area contributed by atoms with Crippen molar-refractivity contribution < 1.29 is 27.1 Å². The normalized spacial score (nSPS) is 13.8. The van der Waals surface area contributed by atoms with Gasteiger partial charge in [-0.1, -0.05) is 0 Å². The van der Waals surface area contributed by atoms with E-state index < -0.39 is 40.3 Å². The molecule has 0 saturated heterocycles. The summed E-state index contributed by atoms with van der Waals surface area (Å²) in [4.78, 5) is 0. The topological polar surface area (TPSA) is 72.3 Å². The van der Waals surface area contributed by atoms with Gasteiger partial charge in [-0.05, 0) is 49.9 Å². The molecule has 1 atom stereocenters. The van der Waals surface area contributed by atoms with Gasteiger partial charge in [0.15, 0.2) is 23.3 Å². The lowest BCUT2D eigenvalue weighted by Crippen LogP contribution is -2.31. The van der Waals surface area contributed by atoms with Crippen molar-refractivity contribution in [1.29, 1.82) is 0 Å². The van der Waals surface area contributed by atoms with E-state index in [0.29, 0.717) is 5.56 Å². The highest BCUT2D eigenvalue weighted by molar-refractivity contribution is 5.72. The summed E-state index contributed by atoms with van der Waals surface area (Å²) >= 11 is 0. The zero-order valence-electron chi connectivity index (χ0n) is 14.0. The molecule has 5 N–H and O–H groups in total. The van der Waals surface area contributed by atoms with Crippen molar-refractivity contribution >= 4 is 11.4 Å². The van der Waals surface area contributed by atoms with Crippen LogP contribution in [0.4, 0.5) is 33.3 Å². The fourth-order valence-electron chi connectivity index (χ4n) is 3.15. The Kier molecular flexibility index (Phi) is 4.46. The Morgan fingerprint density at radius 3 is 1.32 bits per heavy atom. The predicted octanol–water partition coefficient (Wildman–Crippen LogP) is 3.73. The molecular formula is C17H17F5N2O. The Bertz CT molecular complexity index is 764. The molecular weight excluding hydrogens is 343 g/mol. The molecule has 0 aliphatic rings. The Labute approximate surface area is 141 Å². The highest BCUT2D eigenvalue weighted by Gasteiger charge is 2.40. The number of hydrogen-bond acceptors (Lipinski definition) is 3. The molecule has 2 rings (SSSR count). The van der Waals surface area contributed by atoms with Gasteiger partial charge in [0.25, 0.3) is 0 Å². The minimum absolute atomic E-state index is 0.115. The number of anilines is 2. The SMILES string of the molecule is Cc1c(N)c(C)c(C(C)(O)c2c(F)c(F)c(F)c(F)c2F)c(C)c1N. The predicted molar refractivity (Wildman–Crippen MR) is 84.4 cm³/mol. The van der Waals surface area contributed by atoms with Gasteiger partial charge in [0.2, 0.25) is 5.82 Å². The summed E-state index contributed by atoms with van der Waals surface area (Å²) in [5, 5.41) is 10.8. The molecule has 0 radical (unpaired) electrons. The van der Waals surface area contributed by atoms with Gasteiger partial charge in [-0.25, -0.2) is 22.0 Å². The van der Waals surface area contributed by atoms with Crippen LogP contribution in [0, 0.1) is 49.9 Å². The van der Waals surface area contributed by atoms with Crippen LogP contribution in [0.5, 0.6) is 0 Å². The van der Waals surface area contributed by atoms with Gasteiger partial charge in [-0.2, -0.15) is 0 Å². The lowest BCUT2D eigenvalue weighted by molar-refractivity contribution is 0.0892. The van der Waals surface area contributed by atoms with Crippen molar-refractivity contribution in [3.63, 3.8) is 0 Å². The van der Waals surface area contributed by atoms with Crippen LogP contribution >= 0.6 is 0 Å². The van der Waals surface area contributed by atoms with E-state index in [2.05, 4.69) is 0 Å². The second-order valence-corrected chi connectivity index (χ2v) is 6.09. The van der Waals surface area contributed by atoms with E-state index in [4.69, 9.17) is 11.5 Å². The van der Waals surface area contributed by atoms with Crippen molar-refractivity contribution in [2.45, 2.75) is 33.3 Å². The third-order valence-electron chi connectivity index (χ3n) is 4.55. The number of benzene rings is 2. The lowest BCUT2D eigenvalue weighted by Gasteiger charge is -2.31. The van der Waals surface area contributed by atoms with Crippen molar-refractivity contribution in [3.8, 4) is 0 Å². The molecule has 1 unspecified atom stereocenters. The van der Waals surface area contributed by atoms with Crippen LogP contribution in [-0.4, -0.2) is 5.11 Å². The van der Waals surface area contributed by atoms with Gasteiger partial charge in [-0.3, -0.25) is 0 Å². The molecule has 2 aromatic carbocycles. The minimum atomic E-state index is -2.56. The molecule has 0 aliphatic carbocycles. The van der Waals surface area contributed by atoms with Crippen LogP contribution in [-0.2, 0) is 5.60 Å². The van der Waals surface area contributed by atoms with Gasteiger partial charge in [0, 0.05) is 11.4 Å². The van der Waals surface area contributed by atoms with Gasteiger partial charge in [0.1, 0.15) is 5.60 Å². The average molecular weight is 360 g/mol. The van der Waals surface area contributed by atoms with Crippen LogP contribution < -0.4 is 11.5 Å². The number of aliphatic hydroxyl groups is 1. The summed E-state index contributed by atoms with van der Waals surface area (Å²) in [7, 11) is 0. The number of rotatable bonds is 2. The van der Waals surface area contributed by atoms with Crippen LogP contribution in [0.25, 0.3) is 0 Å². The summed E-state index contributed by atoms with van der Waals surface area (Å²) < 4.78 is 68.7. The molecule has 0 amide bonds. The molecule has 3 nitrogen and oxygen atoms in total. The standard InChI is InChI=1S/C17H17F5N2O/c1-5-8(6(2)16(24)7(3)15(5)23)17(4,25)9-10(18)12(20)14(22)13(21)11(9)19/h25H,23-24H2,1-4H3. The Morgan fingerprint density at radius 2 is 0.960 bits per heavy atom. The van der Waals surface area contributed by atoms with Crippen molar-refractivity contribution in [1.82, 2.24) is 0 Å². The quantitative estimate of drug-likeness (QED) is 0.331. The Morgan fingerprint density at radius 1 is 0.640 bits per heavy atom. The number of hydrogen-bond donors (Lipinski definition) is 3. The summed E-state index contributed by atoms with van der Waals surface area (Å²) in [6.45, 7) is 5.46. The molecule has 0 heterocycles. The first kappa shape index (κ1) is 19.0. The van der Waals surface area contributed by atoms with E-state index in [-0.39, 0.29) is 28.1 Å². The average Bonchev–Trinajstić information content (AvgIpc) is 2.54. The first-order valence-electron chi connectivity index (χ1n) is 7.25. The number of nitrogen functional groups attached to an aromatic ring is 2. The molecule has 0 aromatic heterocycles. The van der Waals surface area contributed by atoms with Crippen molar-refractivity contribution in [2.24, 2.45) is 0 Å². The van der Waals surface area contributed by atoms with Crippen molar-refractivity contribution in [3.05, 3.63) is 56.9 Å². The number of halogens is 5. The zero-order valence-corrected chi connectivity index (χ0v) is 14.0. The maximum Gasteiger partial charge on any atom is 0.200 e. The third kappa shape index (κ3) is 2.52. The van der Waals surface area contributed by atoms with Crippen LogP contribution in [0.15, 0.2) is 0 Å². The van der Waals surface area contributed by atoms with Crippen LogP contribution in [0.1, 0.15) is 34.7 Å². The summed E-state index contributed by atoms with van der Waals surface area (Å²) in [5.41, 5.74) is 9.03. The minimum Gasteiger partial charge on any atom is -0.398 e. The van der Waals surface area contributed by atoms with Gasteiger partial charge < -0.3 is 16.6 Å². The highest BCUT2D eigenvalue weighted by atomic mass is 19.2. The fourth-order valence-corrected chi connectivity index (χ4v) is 3.15. The summed E-state index contributed by atoms with van der Waals surface area (Å²) in [6.07, 6.45) is 0. The van der Waals surface area contributed by atoms with E-state index in [1.165, 1.54) is 13.8 Å². The van der Waals surface area contributed by atoms with E-state index in [0.717, 1.165) is 6.92 Å². The second kappa shape index (κ2) is 5.87. The summed E-state index contributed by atoms with van der Waals surface area (Å²) in [5.74, 6) is -10.8. The highest BCUT2D eigenvalue weighted by Crippen LogP contribution is 2.42. The Hall–Kier alpha value is -2.35. The molecule has 0 aliphatic heterocycles. The van der Waals surface area contributed by atoms with Gasteiger partial charge in [-0.15, -0.1) is 0 Å². The molecule has 136 valence electrons. The van der Waals surface area contributed by atoms with E-state index in [1.807, 2.05) is 0 Å². The fraction of sp³-hybridized carbons (Fsp3) is 0.294. The maximum absolute atomic E-state index is 14.2. The molecule has 0 spiro atoms. The third-order valence-corrected chi connectivity index (χ3v) is 4.55. The molecule has 0 bridgehead atoms. The van der Waals surface area contributed by atoms with E-state index >= 15 is 0 Å². The van der Waals surface area contributed by atoms with Crippen molar-refractivity contribution in [2.75, 3.05) is 11.5 Å². The van der Waals surface area contributed by atoms with E-state index in [9.17, 15) is 27.1 Å². The smallest absolute Gasteiger partial charge is 0.200 e. The second-order valence-electron chi connectivity index (χ2n) is 6.09. The first-order valence-corrected chi connectivity index (χ1v) is 7.25. The van der Waals surface area contributed by atoms with Crippen LogP contribution in [0.2, 0.25) is 0 Å². The molecule has 2 aromatic rings. The maximum atomic E-state index is 14.2. The van der Waals surface area contributed by atoms with E-state index in [1.54, 1.807) is 6.92 Å². The number of nitrogens with two attached hydrogens (primary N) is 2. The largest absolute Gasteiger partial charge is 0.398 e. The van der Waals surface area contributed by atoms with Crippen LogP contribution in [0.3, 0.4) is 0 Å². The first-order chi connectivity index (χ1) is 11.4. The summed E-state index contributed by atoms with van der Waals surface area (Å²) in [6, 6.07) is 0. The molecule has 25 heavy (non-hydrogen) atoms. The van der Waals surface area contributed by atoms with Gasteiger partial charge >= 0.3 is 0 Å². The molecule has 0 saturated carbocycles. The monoisotopic (exact) mass is 360 g/mol. The zero-order chi connectivity index (χ0) is 19.4. The van der Waals surface area contributed by atoms with Gasteiger partial charge in [0.05, 0.1) is 5.56 Å². The lowest BCUT2D eigenvalue weighted by atomic mass is 9.80. The molecule has 0 fully saturated rings.